The molecule has 0 aliphatic heterocycles. The summed E-state index contributed by atoms with van der Waals surface area (Å²) >= 11 is 0. The average Bonchev–Trinajstić information content (AvgIpc) is 3.08. The highest BCUT2D eigenvalue weighted by atomic mass is 16.1. The second-order valence-corrected chi connectivity index (χ2v) is 4.05. The van der Waals surface area contributed by atoms with Crippen molar-refractivity contribution in [1.29, 1.82) is 0 Å². The third-order valence-corrected chi connectivity index (χ3v) is 2.74. The number of hydrogen-bond acceptors (Lipinski definition) is 4. The van der Waals surface area contributed by atoms with E-state index in [9.17, 15) is 4.79 Å². The van der Waals surface area contributed by atoms with Crippen molar-refractivity contribution in [2.24, 2.45) is 7.05 Å². The summed E-state index contributed by atoms with van der Waals surface area (Å²) in [5.74, 6) is 0.106. The van der Waals surface area contributed by atoms with Crippen LogP contribution >= 0.6 is 0 Å². The molecule has 94 valence electrons. The molecule has 0 unspecified atom stereocenters. The topological polar surface area (TPSA) is 65.6 Å². The van der Waals surface area contributed by atoms with Crippen LogP contribution in [0.15, 0.2) is 48.9 Å². The monoisotopic (exact) mass is 253 g/mol. The smallest absolute Gasteiger partial charge is 0.250 e. The van der Waals surface area contributed by atoms with Gasteiger partial charge < -0.3 is 4.57 Å². The fourth-order valence-corrected chi connectivity index (χ4v) is 1.75. The van der Waals surface area contributed by atoms with Crippen LogP contribution in [0.25, 0.3) is 5.69 Å². The summed E-state index contributed by atoms with van der Waals surface area (Å²) in [7, 11) is 1.77. The largest absolute Gasteiger partial charge is 0.331 e. The van der Waals surface area contributed by atoms with E-state index in [2.05, 4.69) is 15.2 Å². The lowest BCUT2D eigenvalue weighted by Crippen LogP contribution is -2.10. The first-order valence-electron chi connectivity index (χ1n) is 5.75. The number of nitrogens with zero attached hydrogens (tertiary/aromatic N) is 5. The molecule has 0 N–H and O–H groups in total. The first-order valence-corrected chi connectivity index (χ1v) is 5.75. The SMILES string of the molecule is Cn1ccnc1C(=O)c1cnn(-c2ccccc2)n1. The number of aromatic nitrogens is 5. The van der Waals surface area contributed by atoms with Gasteiger partial charge in [-0.25, -0.2) is 4.98 Å². The zero-order valence-electron chi connectivity index (χ0n) is 10.3. The predicted octanol–water partition coefficient (Wildman–Crippen LogP) is 1.23. The average molecular weight is 253 g/mol. The Bertz CT molecular complexity index is 713. The Labute approximate surface area is 109 Å². The second-order valence-electron chi connectivity index (χ2n) is 4.05. The number of rotatable bonds is 3. The van der Waals surface area contributed by atoms with Gasteiger partial charge in [0.05, 0.1) is 11.9 Å². The minimum atomic E-state index is -0.241. The molecule has 0 spiro atoms. The summed E-state index contributed by atoms with van der Waals surface area (Å²) in [6.07, 6.45) is 4.74. The van der Waals surface area contributed by atoms with E-state index in [1.807, 2.05) is 30.3 Å². The first-order chi connectivity index (χ1) is 9.25. The lowest BCUT2D eigenvalue weighted by Gasteiger charge is -1.98. The van der Waals surface area contributed by atoms with Crippen molar-refractivity contribution in [3.05, 3.63) is 60.4 Å². The van der Waals surface area contributed by atoms with Crippen LogP contribution in [0.1, 0.15) is 16.3 Å². The molecule has 3 rings (SSSR count). The summed E-state index contributed by atoms with van der Waals surface area (Å²) in [5.41, 5.74) is 1.08. The Morgan fingerprint density at radius 3 is 2.68 bits per heavy atom. The molecule has 0 saturated carbocycles. The molecular formula is C13H11N5O. The van der Waals surface area contributed by atoms with Crippen molar-refractivity contribution in [3.63, 3.8) is 0 Å². The van der Waals surface area contributed by atoms with Gasteiger partial charge in [0.15, 0.2) is 11.5 Å². The molecule has 1 aromatic carbocycles. The van der Waals surface area contributed by atoms with Crippen molar-refractivity contribution < 1.29 is 4.79 Å². The molecule has 19 heavy (non-hydrogen) atoms. The maximum atomic E-state index is 12.2. The van der Waals surface area contributed by atoms with E-state index in [-0.39, 0.29) is 11.5 Å². The predicted molar refractivity (Wildman–Crippen MR) is 68.0 cm³/mol. The molecule has 6 heteroatoms. The maximum Gasteiger partial charge on any atom is 0.250 e. The molecule has 0 saturated heterocycles. The highest BCUT2D eigenvalue weighted by Gasteiger charge is 2.17. The Hall–Kier alpha value is -2.76. The van der Waals surface area contributed by atoms with Crippen LogP contribution in [0.5, 0.6) is 0 Å². The molecule has 2 aromatic heterocycles. The zero-order chi connectivity index (χ0) is 13.2. The van der Waals surface area contributed by atoms with Gasteiger partial charge in [-0.2, -0.15) is 9.90 Å². The summed E-state index contributed by atoms with van der Waals surface area (Å²) in [6.45, 7) is 0. The zero-order valence-corrected chi connectivity index (χ0v) is 10.3. The Kier molecular flexibility index (Phi) is 2.68. The number of carbonyl (C=O) groups is 1. The molecular weight excluding hydrogens is 242 g/mol. The van der Waals surface area contributed by atoms with Crippen LogP contribution in [0.2, 0.25) is 0 Å². The summed E-state index contributed by atoms with van der Waals surface area (Å²) < 4.78 is 1.66. The number of imidazole rings is 1. The standard InChI is InChI=1S/C13H11N5O/c1-17-8-7-14-13(17)12(19)11-9-15-18(16-11)10-5-3-2-4-6-10/h2-9H,1H3. The number of ketones is 1. The Morgan fingerprint density at radius 2 is 2.00 bits per heavy atom. The molecule has 0 amide bonds. The van der Waals surface area contributed by atoms with Crippen molar-refractivity contribution in [1.82, 2.24) is 24.5 Å². The minimum Gasteiger partial charge on any atom is -0.331 e. The normalized spacial score (nSPS) is 10.6. The van der Waals surface area contributed by atoms with E-state index in [0.717, 1.165) is 5.69 Å². The molecule has 0 fully saturated rings. The first kappa shape index (κ1) is 11.3. The number of benzene rings is 1. The van der Waals surface area contributed by atoms with E-state index in [1.165, 1.54) is 11.0 Å². The van der Waals surface area contributed by atoms with Gasteiger partial charge in [-0.1, -0.05) is 18.2 Å². The number of carbonyl (C=O) groups excluding carboxylic acids is 1. The molecule has 0 radical (unpaired) electrons. The summed E-state index contributed by atoms with van der Waals surface area (Å²) in [4.78, 5) is 17.6. The van der Waals surface area contributed by atoms with Crippen LogP contribution in [0, 0.1) is 0 Å². The van der Waals surface area contributed by atoms with E-state index in [1.54, 1.807) is 24.0 Å². The van der Waals surface area contributed by atoms with Crippen molar-refractivity contribution in [2.45, 2.75) is 0 Å². The van der Waals surface area contributed by atoms with Gasteiger partial charge in [-0.15, -0.1) is 5.10 Å². The maximum absolute atomic E-state index is 12.2. The van der Waals surface area contributed by atoms with Gasteiger partial charge in [-0.3, -0.25) is 4.79 Å². The lowest BCUT2D eigenvalue weighted by molar-refractivity contribution is 0.102. The quantitative estimate of drug-likeness (QED) is 0.658. The van der Waals surface area contributed by atoms with Crippen LogP contribution in [-0.4, -0.2) is 30.3 Å². The fraction of sp³-hybridized carbons (Fsp3) is 0.0769. The molecule has 0 atom stereocenters. The van der Waals surface area contributed by atoms with Crippen LogP contribution in [0.4, 0.5) is 0 Å². The minimum absolute atomic E-state index is 0.241. The molecule has 0 aliphatic rings. The highest BCUT2D eigenvalue weighted by Crippen LogP contribution is 2.07. The van der Waals surface area contributed by atoms with Gasteiger partial charge in [0.1, 0.15) is 0 Å². The molecule has 2 heterocycles. The van der Waals surface area contributed by atoms with Crippen LogP contribution in [-0.2, 0) is 7.05 Å². The molecule has 0 aliphatic carbocycles. The van der Waals surface area contributed by atoms with E-state index in [0.29, 0.717) is 5.82 Å². The third kappa shape index (κ3) is 2.03. The van der Waals surface area contributed by atoms with Gasteiger partial charge in [0, 0.05) is 19.4 Å². The van der Waals surface area contributed by atoms with Crippen LogP contribution in [0.3, 0.4) is 0 Å². The number of aryl methyl sites for hydroxylation is 1. The Balaban J connectivity index is 1.94. The molecule has 3 aromatic rings. The third-order valence-electron chi connectivity index (χ3n) is 2.74. The van der Waals surface area contributed by atoms with Gasteiger partial charge >= 0.3 is 0 Å². The summed E-state index contributed by atoms with van der Waals surface area (Å²) in [5, 5.41) is 8.27. The number of para-hydroxylation sites is 1. The van der Waals surface area contributed by atoms with Crippen molar-refractivity contribution in [3.8, 4) is 5.69 Å². The fourth-order valence-electron chi connectivity index (χ4n) is 1.75. The number of hydrogen-bond donors (Lipinski definition) is 0. The summed E-state index contributed by atoms with van der Waals surface area (Å²) in [6, 6.07) is 9.43. The molecule has 6 nitrogen and oxygen atoms in total. The van der Waals surface area contributed by atoms with Gasteiger partial charge in [0.25, 0.3) is 0 Å². The van der Waals surface area contributed by atoms with Crippen molar-refractivity contribution >= 4 is 5.78 Å². The van der Waals surface area contributed by atoms with E-state index in [4.69, 9.17) is 0 Å². The van der Waals surface area contributed by atoms with E-state index < -0.39 is 0 Å². The second kappa shape index (κ2) is 4.49. The van der Waals surface area contributed by atoms with Gasteiger partial charge in [0.2, 0.25) is 5.78 Å². The highest BCUT2D eigenvalue weighted by molar-refractivity contribution is 6.05. The van der Waals surface area contributed by atoms with Crippen molar-refractivity contribution in [2.75, 3.05) is 0 Å². The van der Waals surface area contributed by atoms with E-state index >= 15 is 0 Å². The Morgan fingerprint density at radius 1 is 1.21 bits per heavy atom. The molecule has 0 bridgehead atoms. The van der Waals surface area contributed by atoms with Crippen LogP contribution < -0.4 is 0 Å². The lowest BCUT2D eigenvalue weighted by atomic mass is 10.3. The van der Waals surface area contributed by atoms with Gasteiger partial charge in [-0.05, 0) is 12.1 Å².